The first-order valence-corrected chi connectivity index (χ1v) is 11.0. The first kappa shape index (κ1) is 19.9. The van der Waals surface area contributed by atoms with Gasteiger partial charge in [0.15, 0.2) is 0 Å². The lowest BCUT2D eigenvalue weighted by atomic mass is 10.0. The van der Waals surface area contributed by atoms with Crippen LogP contribution in [0.25, 0.3) is 0 Å². The van der Waals surface area contributed by atoms with Gasteiger partial charge in [-0.3, -0.25) is 9.69 Å². The number of unbranched alkanes of at least 4 members (excludes halogenated alkanes) is 5. The molecule has 0 atom stereocenters. The van der Waals surface area contributed by atoms with Crippen LogP contribution in [0.4, 0.5) is 0 Å². The molecule has 24 heavy (non-hydrogen) atoms. The molecule has 0 radical (unpaired) electrons. The van der Waals surface area contributed by atoms with Crippen LogP contribution >= 0.6 is 0 Å². The van der Waals surface area contributed by atoms with Gasteiger partial charge < -0.3 is 0 Å². The van der Waals surface area contributed by atoms with E-state index < -0.39 is 0 Å². The molecule has 0 aromatic rings. The third-order valence-corrected chi connectivity index (χ3v) is 6.19. The molecule has 0 amide bonds. The van der Waals surface area contributed by atoms with Gasteiger partial charge in [-0.2, -0.15) is 0 Å². The molecule has 140 valence electrons. The van der Waals surface area contributed by atoms with Crippen LogP contribution in [0.2, 0.25) is 0 Å². The highest BCUT2D eigenvalue weighted by Gasteiger charge is 2.24. The number of ketones is 1. The van der Waals surface area contributed by atoms with E-state index in [1.807, 2.05) is 0 Å². The zero-order valence-corrected chi connectivity index (χ0v) is 16.2. The second-order valence-electron chi connectivity index (χ2n) is 8.55. The summed E-state index contributed by atoms with van der Waals surface area (Å²) in [6, 6.07) is 0. The Kier molecular flexibility index (Phi) is 10.0. The molecule has 2 aliphatic rings. The highest BCUT2D eigenvalue weighted by Crippen LogP contribution is 2.29. The summed E-state index contributed by atoms with van der Waals surface area (Å²) in [4.78, 5) is 15.0. The van der Waals surface area contributed by atoms with Gasteiger partial charge in [0.2, 0.25) is 0 Å². The van der Waals surface area contributed by atoms with Crippen molar-refractivity contribution in [2.45, 2.75) is 103 Å². The van der Waals surface area contributed by atoms with Crippen molar-refractivity contribution in [1.29, 1.82) is 0 Å². The van der Waals surface area contributed by atoms with E-state index in [-0.39, 0.29) is 0 Å². The molecule has 2 nitrogen and oxygen atoms in total. The monoisotopic (exact) mass is 335 g/mol. The lowest BCUT2D eigenvalue weighted by molar-refractivity contribution is -0.120. The summed E-state index contributed by atoms with van der Waals surface area (Å²) in [7, 11) is 0. The Balaban J connectivity index is 1.66. The maximum absolute atomic E-state index is 12.4. The Bertz CT molecular complexity index is 311. The van der Waals surface area contributed by atoms with E-state index in [4.69, 9.17) is 0 Å². The minimum Gasteiger partial charge on any atom is -0.298 e. The summed E-state index contributed by atoms with van der Waals surface area (Å²) in [5.41, 5.74) is 0. The van der Waals surface area contributed by atoms with Crippen molar-refractivity contribution in [2.24, 2.45) is 11.8 Å². The van der Waals surface area contributed by atoms with Crippen molar-refractivity contribution in [2.75, 3.05) is 19.6 Å². The Morgan fingerprint density at radius 3 is 1.83 bits per heavy atom. The van der Waals surface area contributed by atoms with Crippen LogP contribution in [0.3, 0.4) is 0 Å². The summed E-state index contributed by atoms with van der Waals surface area (Å²) in [6.45, 7) is 5.38. The molecule has 0 saturated heterocycles. The average molecular weight is 336 g/mol. The number of rotatable bonds is 13. The van der Waals surface area contributed by atoms with Crippen LogP contribution < -0.4 is 0 Å². The zero-order chi connectivity index (χ0) is 17.0. The maximum Gasteiger partial charge on any atom is 0.146 e. The van der Waals surface area contributed by atoms with E-state index in [1.54, 1.807) is 0 Å². The molecule has 2 saturated carbocycles. The van der Waals surface area contributed by atoms with Crippen LogP contribution in [0.15, 0.2) is 0 Å². The predicted molar refractivity (Wildman–Crippen MR) is 103 cm³/mol. The van der Waals surface area contributed by atoms with Crippen molar-refractivity contribution in [3.8, 4) is 0 Å². The van der Waals surface area contributed by atoms with Crippen molar-refractivity contribution in [1.82, 2.24) is 4.90 Å². The molecule has 2 rings (SSSR count). The van der Waals surface area contributed by atoms with E-state index in [9.17, 15) is 4.79 Å². The molecule has 0 spiro atoms. The summed E-state index contributed by atoms with van der Waals surface area (Å²) in [5, 5.41) is 0. The van der Waals surface area contributed by atoms with Crippen molar-refractivity contribution < 1.29 is 4.79 Å². The van der Waals surface area contributed by atoms with Crippen LogP contribution in [0, 0.1) is 11.8 Å². The highest BCUT2D eigenvalue weighted by atomic mass is 16.1. The molecule has 0 bridgehead atoms. The van der Waals surface area contributed by atoms with E-state index in [0.717, 1.165) is 31.2 Å². The number of hydrogen-bond donors (Lipinski definition) is 0. The smallest absolute Gasteiger partial charge is 0.146 e. The molecular weight excluding hydrogens is 294 g/mol. The lowest BCUT2D eigenvalue weighted by Gasteiger charge is -2.27. The van der Waals surface area contributed by atoms with E-state index >= 15 is 0 Å². The molecule has 0 aromatic carbocycles. The predicted octanol–water partition coefficient (Wildman–Crippen LogP) is 5.99. The fraction of sp³-hybridized carbons (Fsp3) is 0.955. The maximum atomic E-state index is 12.4. The van der Waals surface area contributed by atoms with Crippen molar-refractivity contribution in [3.63, 3.8) is 0 Å². The fourth-order valence-electron chi connectivity index (χ4n) is 4.75. The van der Waals surface area contributed by atoms with Gasteiger partial charge in [0.05, 0.1) is 6.54 Å². The number of hydrogen-bond acceptors (Lipinski definition) is 2. The van der Waals surface area contributed by atoms with Gasteiger partial charge in [-0.25, -0.2) is 0 Å². The van der Waals surface area contributed by atoms with Gasteiger partial charge in [-0.1, -0.05) is 64.7 Å². The summed E-state index contributed by atoms with van der Waals surface area (Å²) in [6.07, 6.45) is 19.7. The number of Topliss-reactive ketones (excluding diaryl/α,β-unsaturated/α-hetero) is 1. The second kappa shape index (κ2) is 12.1. The number of carbonyl (C=O) groups excluding carboxylic acids is 1. The van der Waals surface area contributed by atoms with Gasteiger partial charge in [-0.05, 0) is 43.9 Å². The molecule has 2 fully saturated rings. The minimum atomic E-state index is 0.501. The summed E-state index contributed by atoms with van der Waals surface area (Å²) in [5.74, 6) is 2.24. The standard InChI is InChI=1S/C22H41NO/c1-2-3-4-5-6-7-16-22(24)19-23(17-20-12-8-9-13-20)18-21-14-10-11-15-21/h20-21H,2-19H2,1H3. The van der Waals surface area contributed by atoms with Gasteiger partial charge in [-0.15, -0.1) is 0 Å². The Labute approximate surface area is 150 Å². The highest BCUT2D eigenvalue weighted by molar-refractivity contribution is 5.80. The van der Waals surface area contributed by atoms with E-state index in [2.05, 4.69) is 11.8 Å². The van der Waals surface area contributed by atoms with Crippen LogP contribution in [-0.4, -0.2) is 30.3 Å². The Hall–Kier alpha value is -0.370. The molecule has 0 aliphatic heterocycles. The summed E-state index contributed by atoms with van der Waals surface area (Å²) < 4.78 is 0. The zero-order valence-electron chi connectivity index (χ0n) is 16.2. The third-order valence-electron chi connectivity index (χ3n) is 6.19. The third kappa shape index (κ3) is 8.14. The van der Waals surface area contributed by atoms with E-state index in [1.165, 1.54) is 96.6 Å². The molecule has 2 aliphatic carbocycles. The van der Waals surface area contributed by atoms with Crippen molar-refractivity contribution >= 4 is 5.78 Å². The van der Waals surface area contributed by atoms with Crippen LogP contribution in [-0.2, 0) is 4.79 Å². The van der Waals surface area contributed by atoms with Crippen molar-refractivity contribution in [3.05, 3.63) is 0 Å². The normalized spacial score (nSPS) is 19.6. The fourth-order valence-corrected chi connectivity index (χ4v) is 4.75. The Morgan fingerprint density at radius 2 is 1.29 bits per heavy atom. The van der Waals surface area contributed by atoms with Gasteiger partial charge >= 0.3 is 0 Å². The summed E-state index contributed by atoms with van der Waals surface area (Å²) >= 11 is 0. The first-order valence-electron chi connectivity index (χ1n) is 11.0. The van der Waals surface area contributed by atoms with Crippen LogP contribution in [0.5, 0.6) is 0 Å². The van der Waals surface area contributed by atoms with E-state index in [0.29, 0.717) is 5.78 Å². The molecule has 0 unspecified atom stereocenters. The molecule has 2 heteroatoms. The first-order chi connectivity index (χ1) is 11.8. The lowest BCUT2D eigenvalue weighted by Crippen LogP contribution is -2.37. The molecule has 0 heterocycles. The van der Waals surface area contributed by atoms with Gasteiger partial charge in [0.25, 0.3) is 0 Å². The SMILES string of the molecule is CCCCCCCCC(=O)CN(CC1CCCC1)CC1CCCC1. The number of carbonyl (C=O) groups is 1. The largest absolute Gasteiger partial charge is 0.298 e. The molecule has 0 N–H and O–H groups in total. The van der Waals surface area contributed by atoms with Gasteiger partial charge in [0, 0.05) is 19.5 Å². The Morgan fingerprint density at radius 1 is 0.792 bits per heavy atom. The van der Waals surface area contributed by atoms with Gasteiger partial charge in [0.1, 0.15) is 5.78 Å². The molecular formula is C22H41NO. The quantitative estimate of drug-likeness (QED) is 0.385. The molecule has 0 aromatic heterocycles. The topological polar surface area (TPSA) is 20.3 Å². The van der Waals surface area contributed by atoms with Crippen LogP contribution in [0.1, 0.15) is 103 Å². The average Bonchev–Trinajstić information content (AvgIpc) is 3.24. The second-order valence-corrected chi connectivity index (χ2v) is 8.55. The minimum absolute atomic E-state index is 0.501. The number of nitrogens with zero attached hydrogens (tertiary/aromatic N) is 1.